The molecular formula is C15H19FN2O3. The number of carbonyl (C=O) groups is 1. The Morgan fingerprint density at radius 3 is 2.62 bits per heavy atom. The molecule has 2 atom stereocenters. The number of piperidine rings is 1. The first-order chi connectivity index (χ1) is 9.81. The molecule has 1 fully saturated rings. The SMILES string of the molecule is Cc1cc([N+](=O)[O-])cc(C(=O)N2CCC(C)C(C)C2)c1F. The number of nitro benzene ring substituents is 1. The summed E-state index contributed by atoms with van der Waals surface area (Å²) in [4.78, 5) is 24.3. The Morgan fingerprint density at radius 2 is 2.05 bits per heavy atom. The third-order valence-corrected chi connectivity index (χ3v) is 4.30. The number of rotatable bonds is 2. The molecule has 0 N–H and O–H groups in total. The minimum Gasteiger partial charge on any atom is -0.338 e. The van der Waals surface area contributed by atoms with Gasteiger partial charge in [-0.3, -0.25) is 14.9 Å². The van der Waals surface area contributed by atoms with E-state index in [1.807, 2.05) is 0 Å². The van der Waals surface area contributed by atoms with Crippen LogP contribution < -0.4 is 0 Å². The van der Waals surface area contributed by atoms with Crippen molar-refractivity contribution in [1.82, 2.24) is 4.90 Å². The molecule has 1 aromatic rings. The van der Waals surface area contributed by atoms with Gasteiger partial charge in [-0.05, 0) is 30.7 Å². The topological polar surface area (TPSA) is 63.5 Å². The molecule has 1 aromatic carbocycles. The van der Waals surface area contributed by atoms with Crippen molar-refractivity contribution >= 4 is 11.6 Å². The summed E-state index contributed by atoms with van der Waals surface area (Å²) in [5.41, 5.74) is -0.342. The number of benzene rings is 1. The fourth-order valence-electron chi connectivity index (χ4n) is 2.63. The van der Waals surface area contributed by atoms with E-state index in [9.17, 15) is 19.3 Å². The van der Waals surface area contributed by atoms with E-state index in [2.05, 4.69) is 13.8 Å². The summed E-state index contributed by atoms with van der Waals surface area (Å²) < 4.78 is 14.2. The maximum Gasteiger partial charge on any atom is 0.270 e. The lowest BCUT2D eigenvalue weighted by molar-refractivity contribution is -0.385. The molecular weight excluding hydrogens is 275 g/mol. The zero-order valence-electron chi connectivity index (χ0n) is 12.4. The van der Waals surface area contributed by atoms with Gasteiger partial charge in [-0.15, -0.1) is 0 Å². The van der Waals surface area contributed by atoms with Gasteiger partial charge in [0, 0.05) is 25.2 Å². The monoisotopic (exact) mass is 294 g/mol. The lowest BCUT2D eigenvalue weighted by Gasteiger charge is -2.35. The molecule has 1 aliphatic heterocycles. The molecule has 0 aromatic heterocycles. The van der Waals surface area contributed by atoms with E-state index in [-0.39, 0.29) is 16.8 Å². The Labute approximate surface area is 122 Å². The molecule has 1 amide bonds. The highest BCUT2D eigenvalue weighted by molar-refractivity contribution is 5.95. The molecule has 2 rings (SSSR count). The fraction of sp³-hybridized carbons (Fsp3) is 0.533. The lowest BCUT2D eigenvalue weighted by Crippen LogP contribution is -2.42. The van der Waals surface area contributed by atoms with Crippen LogP contribution in [0, 0.1) is 34.7 Å². The van der Waals surface area contributed by atoms with E-state index >= 15 is 0 Å². The molecule has 0 spiro atoms. The first kappa shape index (κ1) is 15.4. The van der Waals surface area contributed by atoms with Crippen LogP contribution in [-0.4, -0.2) is 28.8 Å². The van der Waals surface area contributed by atoms with Gasteiger partial charge in [0.05, 0.1) is 10.5 Å². The van der Waals surface area contributed by atoms with E-state index in [0.717, 1.165) is 18.6 Å². The largest absolute Gasteiger partial charge is 0.338 e. The van der Waals surface area contributed by atoms with Crippen molar-refractivity contribution in [2.45, 2.75) is 27.2 Å². The van der Waals surface area contributed by atoms with Crippen molar-refractivity contribution < 1.29 is 14.1 Å². The van der Waals surface area contributed by atoms with Crippen molar-refractivity contribution in [3.8, 4) is 0 Å². The predicted molar refractivity (Wildman–Crippen MR) is 76.6 cm³/mol. The Balaban J connectivity index is 2.33. The van der Waals surface area contributed by atoms with Gasteiger partial charge in [-0.25, -0.2) is 4.39 Å². The van der Waals surface area contributed by atoms with Crippen molar-refractivity contribution in [3.63, 3.8) is 0 Å². The van der Waals surface area contributed by atoms with Crippen LogP contribution in [0.3, 0.4) is 0 Å². The van der Waals surface area contributed by atoms with E-state index in [0.29, 0.717) is 24.9 Å². The maximum absolute atomic E-state index is 14.2. The summed E-state index contributed by atoms with van der Waals surface area (Å²) in [5, 5.41) is 10.9. The Morgan fingerprint density at radius 1 is 1.38 bits per heavy atom. The number of likely N-dealkylation sites (tertiary alicyclic amines) is 1. The van der Waals surface area contributed by atoms with E-state index < -0.39 is 16.6 Å². The second-order valence-corrected chi connectivity index (χ2v) is 5.88. The van der Waals surface area contributed by atoms with Gasteiger partial charge in [-0.1, -0.05) is 13.8 Å². The van der Waals surface area contributed by atoms with Crippen LogP contribution in [-0.2, 0) is 0 Å². The van der Waals surface area contributed by atoms with Gasteiger partial charge in [-0.2, -0.15) is 0 Å². The summed E-state index contributed by atoms with van der Waals surface area (Å²) in [7, 11) is 0. The number of aryl methyl sites for hydroxylation is 1. The van der Waals surface area contributed by atoms with Crippen LogP contribution in [0.2, 0.25) is 0 Å². The molecule has 0 saturated carbocycles. The van der Waals surface area contributed by atoms with Gasteiger partial charge < -0.3 is 4.90 Å². The molecule has 0 bridgehead atoms. The van der Waals surface area contributed by atoms with Gasteiger partial charge in [0.1, 0.15) is 5.82 Å². The zero-order valence-corrected chi connectivity index (χ0v) is 12.4. The average Bonchev–Trinajstić information content (AvgIpc) is 2.43. The Kier molecular flexibility index (Phi) is 4.25. The first-order valence-electron chi connectivity index (χ1n) is 7.05. The predicted octanol–water partition coefficient (Wildman–Crippen LogP) is 3.16. The molecule has 1 heterocycles. The highest BCUT2D eigenvalue weighted by Gasteiger charge is 2.29. The number of amides is 1. The molecule has 6 heteroatoms. The van der Waals surface area contributed by atoms with E-state index in [4.69, 9.17) is 0 Å². The number of halogens is 1. The molecule has 0 radical (unpaired) electrons. The van der Waals surface area contributed by atoms with Gasteiger partial charge >= 0.3 is 0 Å². The number of nitro groups is 1. The molecule has 5 nitrogen and oxygen atoms in total. The van der Waals surface area contributed by atoms with Crippen LogP contribution in [0.5, 0.6) is 0 Å². The summed E-state index contributed by atoms with van der Waals surface area (Å²) in [6.45, 7) is 6.73. The summed E-state index contributed by atoms with van der Waals surface area (Å²) in [6, 6.07) is 2.18. The molecule has 1 saturated heterocycles. The standard InChI is InChI=1S/C15H19FN2O3/c1-9-4-5-17(8-11(9)3)15(19)13-7-12(18(20)21)6-10(2)14(13)16/h6-7,9,11H,4-5,8H2,1-3H3. The van der Waals surface area contributed by atoms with Crippen molar-refractivity contribution in [2.75, 3.05) is 13.1 Å². The van der Waals surface area contributed by atoms with Crippen molar-refractivity contribution in [1.29, 1.82) is 0 Å². The number of hydrogen-bond donors (Lipinski definition) is 0. The third kappa shape index (κ3) is 3.04. The van der Waals surface area contributed by atoms with Gasteiger partial charge in [0.15, 0.2) is 0 Å². The lowest BCUT2D eigenvalue weighted by atomic mass is 9.88. The number of hydrogen-bond acceptors (Lipinski definition) is 3. The van der Waals surface area contributed by atoms with Crippen LogP contribution in [0.15, 0.2) is 12.1 Å². The van der Waals surface area contributed by atoms with Crippen molar-refractivity contribution in [3.05, 3.63) is 39.2 Å². The molecule has 114 valence electrons. The number of nitrogens with zero attached hydrogens (tertiary/aromatic N) is 2. The minimum absolute atomic E-state index is 0.117. The zero-order chi connectivity index (χ0) is 15.7. The number of carbonyl (C=O) groups excluding carboxylic acids is 1. The minimum atomic E-state index is -0.670. The van der Waals surface area contributed by atoms with Gasteiger partial charge in [0.25, 0.3) is 11.6 Å². The fourth-order valence-corrected chi connectivity index (χ4v) is 2.63. The first-order valence-corrected chi connectivity index (χ1v) is 7.05. The van der Waals surface area contributed by atoms with Crippen LogP contribution in [0.25, 0.3) is 0 Å². The highest BCUT2D eigenvalue weighted by atomic mass is 19.1. The molecule has 21 heavy (non-hydrogen) atoms. The molecule has 2 unspecified atom stereocenters. The average molecular weight is 294 g/mol. The molecule has 0 aliphatic carbocycles. The second kappa shape index (κ2) is 5.79. The van der Waals surface area contributed by atoms with E-state index in [1.165, 1.54) is 6.92 Å². The number of non-ortho nitro benzene ring substituents is 1. The second-order valence-electron chi connectivity index (χ2n) is 5.88. The highest BCUT2D eigenvalue weighted by Crippen LogP contribution is 2.26. The maximum atomic E-state index is 14.2. The quantitative estimate of drug-likeness (QED) is 0.621. The summed E-state index contributed by atoms with van der Waals surface area (Å²) >= 11 is 0. The molecule has 1 aliphatic rings. The van der Waals surface area contributed by atoms with Crippen LogP contribution >= 0.6 is 0 Å². The van der Waals surface area contributed by atoms with Crippen molar-refractivity contribution in [2.24, 2.45) is 11.8 Å². The van der Waals surface area contributed by atoms with Crippen LogP contribution in [0.4, 0.5) is 10.1 Å². The normalized spacial score (nSPS) is 22.2. The Hall–Kier alpha value is -1.98. The van der Waals surface area contributed by atoms with Gasteiger partial charge in [0.2, 0.25) is 0 Å². The summed E-state index contributed by atoms with van der Waals surface area (Å²) in [5.74, 6) is -0.272. The van der Waals surface area contributed by atoms with E-state index in [1.54, 1.807) is 4.90 Å². The Bertz CT molecular complexity index is 589. The summed E-state index contributed by atoms with van der Waals surface area (Å²) in [6.07, 6.45) is 0.864. The smallest absolute Gasteiger partial charge is 0.270 e. The van der Waals surface area contributed by atoms with Crippen LogP contribution in [0.1, 0.15) is 36.2 Å². The third-order valence-electron chi connectivity index (χ3n) is 4.30.